The van der Waals surface area contributed by atoms with Gasteiger partial charge < -0.3 is 5.11 Å². The molecule has 0 heterocycles. The Labute approximate surface area is 152 Å². The van der Waals surface area contributed by atoms with Gasteiger partial charge in [0.25, 0.3) is 0 Å². The summed E-state index contributed by atoms with van der Waals surface area (Å²) < 4.78 is 25.2. The third-order valence-electron chi connectivity index (χ3n) is 3.13. The number of carbonyl (C=O) groups is 1. The minimum atomic E-state index is -3.86. The van der Waals surface area contributed by atoms with Crippen molar-refractivity contribution >= 4 is 26.3 Å². The van der Waals surface area contributed by atoms with E-state index < -0.39 is 19.3 Å². The van der Waals surface area contributed by atoms with Crippen LogP contribution < -0.4 is 0 Å². The van der Waals surface area contributed by atoms with E-state index in [1.54, 1.807) is 44.2 Å². The van der Waals surface area contributed by atoms with E-state index in [-0.39, 0.29) is 31.2 Å². The number of carboxylic acids is 1. The van der Waals surface area contributed by atoms with Gasteiger partial charge in [0.05, 0.1) is 25.5 Å². The van der Waals surface area contributed by atoms with E-state index in [0.29, 0.717) is 0 Å². The molecular formula is C16H21N2O5PS. The number of nitrogens with zero attached hydrogens (tertiary/aromatic N) is 2. The standard InChI is InChI=1S/C16H21N2O5PS/c1-3-22-24(21,23-4-2)18(11-13-8-6-5-7-9-13)15(12-25)14(10-17)16(19)20/h5-9,25H,3-4,11-12H2,1-2H3,(H,19,20)/b15-14+. The van der Waals surface area contributed by atoms with E-state index in [0.717, 1.165) is 5.56 Å². The van der Waals surface area contributed by atoms with Crippen molar-refractivity contribution in [3.63, 3.8) is 0 Å². The van der Waals surface area contributed by atoms with Gasteiger partial charge in [-0.1, -0.05) is 30.3 Å². The number of nitriles is 1. The molecule has 0 spiro atoms. The average Bonchev–Trinajstić information content (AvgIpc) is 2.58. The lowest BCUT2D eigenvalue weighted by molar-refractivity contribution is -0.132. The van der Waals surface area contributed by atoms with Gasteiger partial charge in [0.1, 0.15) is 6.07 Å². The molecular weight excluding hydrogens is 363 g/mol. The molecule has 0 aliphatic rings. The second kappa shape index (κ2) is 10.3. The number of hydrogen-bond acceptors (Lipinski definition) is 6. The second-order valence-corrected chi connectivity index (χ2v) is 7.00. The first-order valence-corrected chi connectivity index (χ1v) is 9.74. The molecule has 0 bridgehead atoms. The molecule has 25 heavy (non-hydrogen) atoms. The van der Waals surface area contributed by atoms with Crippen molar-refractivity contribution in [2.24, 2.45) is 0 Å². The topological polar surface area (TPSA) is 99.9 Å². The number of rotatable bonds is 10. The summed E-state index contributed by atoms with van der Waals surface area (Å²) in [4.78, 5) is 11.4. The summed E-state index contributed by atoms with van der Waals surface area (Å²) in [6.07, 6.45) is 0. The Morgan fingerprint density at radius 2 is 1.84 bits per heavy atom. The van der Waals surface area contributed by atoms with Gasteiger partial charge in [0.2, 0.25) is 0 Å². The number of hydrogen-bond donors (Lipinski definition) is 2. The summed E-state index contributed by atoms with van der Waals surface area (Å²) in [7, 11) is -3.86. The summed E-state index contributed by atoms with van der Waals surface area (Å²) >= 11 is 4.13. The molecule has 0 amide bonds. The highest BCUT2D eigenvalue weighted by atomic mass is 32.1. The lowest BCUT2D eigenvalue weighted by atomic mass is 10.2. The Morgan fingerprint density at radius 3 is 2.24 bits per heavy atom. The number of benzene rings is 1. The molecule has 0 radical (unpaired) electrons. The number of carboxylic acid groups (broad SMARTS) is 1. The van der Waals surface area contributed by atoms with E-state index >= 15 is 0 Å². The van der Waals surface area contributed by atoms with Gasteiger partial charge in [0.15, 0.2) is 5.57 Å². The summed E-state index contributed by atoms with van der Waals surface area (Å²) in [5, 5.41) is 18.5. The molecule has 0 saturated heterocycles. The van der Waals surface area contributed by atoms with Crippen LogP contribution in [-0.4, -0.2) is 34.7 Å². The molecule has 0 aliphatic carbocycles. The molecule has 0 fully saturated rings. The Hall–Kier alpha value is -1.78. The third kappa shape index (κ3) is 5.62. The maximum Gasteiger partial charge on any atom is 0.435 e. The molecule has 0 saturated carbocycles. The molecule has 1 rings (SSSR count). The predicted molar refractivity (Wildman–Crippen MR) is 97.0 cm³/mol. The molecule has 1 aromatic rings. The zero-order chi connectivity index (χ0) is 18.9. The van der Waals surface area contributed by atoms with E-state index in [1.807, 2.05) is 6.07 Å². The Bertz CT molecular complexity index is 692. The highest BCUT2D eigenvalue weighted by molar-refractivity contribution is 7.80. The van der Waals surface area contributed by atoms with Crippen molar-refractivity contribution in [2.75, 3.05) is 19.0 Å². The number of aliphatic carboxylic acids is 1. The lowest BCUT2D eigenvalue weighted by Gasteiger charge is -2.33. The first-order valence-electron chi connectivity index (χ1n) is 7.61. The van der Waals surface area contributed by atoms with Crippen molar-refractivity contribution in [2.45, 2.75) is 20.4 Å². The van der Waals surface area contributed by atoms with Crippen molar-refractivity contribution in [3.8, 4) is 6.07 Å². The van der Waals surface area contributed by atoms with Gasteiger partial charge in [-0.25, -0.2) is 9.36 Å². The maximum absolute atomic E-state index is 13.3. The van der Waals surface area contributed by atoms with Crippen LogP contribution in [0.3, 0.4) is 0 Å². The van der Waals surface area contributed by atoms with Crippen LogP contribution in [0.25, 0.3) is 0 Å². The Kier molecular flexibility index (Phi) is 8.73. The molecule has 9 heteroatoms. The van der Waals surface area contributed by atoms with Gasteiger partial charge in [-0.15, -0.1) is 0 Å². The second-order valence-electron chi connectivity index (χ2n) is 4.74. The van der Waals surface area contributed by atoms with Crippen LogP contribution in [0.15, 0.2) is 41.6 Å². The quantitative estimate of drug-likeness (QED) is 0.276. The minimum Gasteiger partial charge on any atom is -0.477 e. The van der Waals surface area contributed by atoms with E-state index in [2.05, 4.69) is 12.6 Å². The van der Waals surface area contributed by atoms with Gasteiger partial charge >= 0.3 is 13.7 Å². The minimum absolute atomic E-state index is 0.0209. The molecule has 0 unspecified atom stereocenters. The van der Waals surface area contributed by atoms with Crippen LogP contribution in [0.4, 0.5) is 0 Å². The van der Waals surface area contributed by atoms with Crippen molar-refractivity contribution in [1.29, 1.82) is 5.26 Å². The molecule has 0 aliphatic heterocycles. The van der Waals surface area contributed by atoms with Crippen molar-refractivity contribution in [1.82, 2.24) is 4.67 Å². The highest BCUT2D eigenvalue weighted by Crippen LogP contribution is 2.55. The summed E-state index contributed by atoms with van der Waals surface area (Å²) in [6.45, 7) is 3.54. The molecule has 0 atom stereocenters. The highest BCUT2D eigenvalue weighted by Gasteiger charge is 2.37. The molecule has 1 aromatic carbocycles. The molecule has 0 aromatic heterocycles. The van der Waals surface area contributed by atoms with Gasteiger partial charge in [-0.05, 0) is 19.4 Å². The summed E-state index contributed by atoms with van der Waals surface area (Å²) in [5.74, 6) is -1.55. The van der Waals surface area contributed by atoms with Crippen molar-refractivity contribution < 1.29 is 23.5 Å². The molecule has 1 N–H and O–H groups in total. The third-order valence-corrected chi connectivity index (χ3v) is 5.57. The fraction of sp³-hybridized carbons (Fsp3) is 0.375. The zero-order valence-electron chi connectivity index (χ0n) is 14.1. The van der Waals surface area contributed by atoms with E-state index in [4.69, 9.17) is 9.05 Å². The van der Waals surface area contributed by atoms with Crippen LogP contribution in [0.1, 0.15) is 19.4 Å². The normalized spacial score (nSPS) is 12.2. The van der Waals surface area contributed by atoms with E-state index in [9.17, 15) is 19.7 Å². The maximum atomic E-state index is 13.3. The predicted octanol–water partition coefficient (Wildman–Crippen LogP) is 3.46. The Morgan fingerprint density at radius 1 is 1.28 bits per heavy atom. The van der Waals surface area contributed by atoms with Crippen LogP contribution in [0.2, 0.25) is 0 Å². The van der Waals surface area contributed by atoms with Crippen LogP contribution in [0, 0.1) is 11.3 Å². The molecule has 136 valence electrons. The SMILES string of the molecule is CCOP(=O)(OCC)N(Cc1ccccc1)/C(CS)=C(\C#N)C(=O)O. The fourth-order valence-corrected chi connectivity index (χ4v) is 4.36. The monoisotopic (exact) mass is 384 g/mol. The zero-order valence-corrected chi connectivity index (χ0v) is 15.9. The largest absolute Gasteiger partial charge is 0.477 e. The average molecular weight is 384 g/mol. The first kappa shape index (κ1) is 21.3. The first-order chi connectivity index (χ1) is 11.9. The van der Waals surface area contributed by atoms with Crippen LogP contribution in [0.5, 0.6) is 0 Å². The van der Waals surface area contributed by atoms with E-state index in [1.165, 1.54) is 4.67 Å². The van der Waals surface area contributed by atoms with Crippen molar-refractivity contribution in [3.05, 3.63) is 47.2 Å². The fourth-order valence-electron chi connectivity index (χ4n) is 2.11. The van der Waals surface area contributed by atoms with Gasteiger partial charge in [0, 0.05) is 5.75 Å². The summed E-state index contributed by atoms with van der Waals surface area (Å²) in [5.41, 5.74) is 0.182. The number of thiol groups is 1. The van der Waals surface area contributed by atoms with Gasteiger partial charge in [-0.2, -0.15) is 17.9 Å². The van der Waals surface area contributed by atoms with Crippen LogP contribution in [-0.2, 0) is 25.0 Å². The smallest absolute Gasteiger partial charge is 0.435 e. The van der Waals surface area contributed by atoms with Gasteiger partial charge in [-0.3, -0.25) is 13.7 Å². The summed E-state index contributed by atoms with van der Waals surface area (Å²) in [6, 6.07) is 10.6. The Balaban J connectivity index is 3.52. The lowest BCUT2D eigenvalue weighted by Crippen LogP contribution is -2.26. The molecule has 7 nitrogen and oxygen atoms in total. The van der Waals surface area contributed by atoms with Crippen LogP contribution >= 0.6 is 20.4 Å².